The van der Waals surface area contributed by atoms with Crippen molar-refractivity contribution in [2.45, 2.75) is 19.4 Å². The van der Waals surface area contributed by atoms with Crippen LogP contribution in [0.4, 0.5) is 0 Å². The fourth-order valence-electron chi connectivity index (χ4n) is 0.899. The molecule has 0 radical (unpaired) electrons. The smallest absolute Gasteiger partial charge is 0.331 e. The van der Waals surface area contributed by atoms with E-state index in [9.17, 15) is 9.59 Å². The van der Waals surface area contributed by atoms with Gasteiger partial charge in [0.05, 0.1) is 0 Å². The van der Waals surface area contributed by atoms with Crippen molar-refractivity contribution in [1.29, 1.82) is 0 Å². The first-order valence-electron chi connectivity index (χ1n) is 4.59. The second-order valence-electron chi connectivity index (χ2n) is 2.96. The number of primary amides is 1. The zero-order valence-corrected chi connectivity index (χ0v) is 8.56. The van der Waals surface area contributed by atoms with E-state index in [1.54, 1.807) is 6.92 Å². The summed E-state index contributed by atoms with van der Waals surface area (Å²) in [5.41, 5.74) is 5.10. The minimum Gasteiger partial charge on any atom is -0.478 e. The van der Waals surface area contributed by atoms with Gasteiger partial charge in [-0.15, -0.1) is 0 Å². The number of carbonyl (C=O) groups is 2. The summed E-state index contributed by atoms with van der Waals surface area (Å²) in [4.78, 5) is 21.0. The number of carbonyl (C=O) groups excluding carboxylic acids is 1. The Morgan fingerprint density at radius 2 is 2.13 bits per heavy atom. The van der Waals surface area contributed by atoms with Crippen LogP contribution in [0, 0.1) is 0 Å². The van der Waals surface area contributed by atoms with Gasteiger partial charge < -0.3 is 21.3 Å². The highest BCUT2D eigenvalue weighted by Gasteiger charge is 2.09. The summed E-state index contributed by atoms with van der Waals surface area (Å²) in [6, 6.07) is 0. The summed E-state index contributed by atoms with van der Waals surface area (Å²) in [6.07, 6.45) is 0.680. The van der Waals surface area contributed by atoms with Crippen molar-refractivity contribution in [3.05, 3.63) is 11.6 Å². The maximum Gasteiger partial charge on any atom is 0.331 e. The van der Waals surface area contributed by atoms with E-state index in [2.05, 4.69) is 5.32 Å². The number of rotatable bonds is 7. The molecule has 0 rings (SSSR count). The van der Waals surface area contributed by atoms with Gasteiger partial charge in [-0.25, -0.2) is 4.79 Å². The van der Waals surface area contributed by atoms with Gasteiger partial charge >= 0.3 is 5.97 Å². The lowest BCUT2D eigenvalue weighted by atomic mass is 10.2. The molecule has 0 aliphatic carbocycles. The van der Waals surface area contributed by atoms with Gasteiger partial charge in [0.2, 0.25) is 5.91 Å². The predicted octanol–water partition coefficient (Wildman–Crippen LogP) is -1.16. The van der Waals surface area contributed by atoms with Crippen molar-refractivity contribution in [2.75, 3.05) is 13.1 Å². The molecule has 1 amide bonds. The molecule has 1 atom stereocenters. The first-order valence-corrected chi connectivity index (χ1v) is 4.59. The third kappa shape index (κ3) is 5.82. The Kier molecular flexibility index (Phi) is 6.32. The van der Waals surface area contributed by atoms with Gasteiger partial charge in [-0.3, -0.25) is 4.79 Å². The highest BCUT2D eigenvalue weighted by Crippen LogP contribution is 1.98. The fraction of sp³-hybridized carbons (Fsp3) is 0.556. The average molecular weight is 216 g/mol. The van der Waals surface area contributed by atoms with Crippen LogP contribution < -0.4 is 11.1 Å². The van der Waals surface area contributed by atoms with Gasteiger partial charge in [-0.05, 0) is 6.42 Å². The van der Waals surface area contributed by atoms with Crippen LogP contribution in [0.3, 0.4) is 0 Å². The van der Waals surface area contributed by atoms with E-state index < -0.39 is 18.0 Å². The summed E-state index contributed by atoms with van der Waals surface area (Å²) < 4.78 is 0. The molecular formula is C9H16N2O4. The molecule has 5 N–H and O–H groups in total. The zero-order chi connectivity index (χ0) is 11.8. The van der Waals surface area contributed by atoms with Crippen molar-refractivity contribution < 1.29 is 19.8 Å². The Morgan fingerprint density at radius 1 is 1.53 bits per heavy atom. The summed E-state index contributed by atoms with van der Waals surface area (Å²) >= 11 is 0. The molecule has 0 saturated heterocycles. The van der Waals surface area contributed by atoms with Gasteiger partial charge in [0.25, 0.3) is 0 Å². The van der Waals surface area contributed by atoms with Crippen LogP contribution in [0.2, 0.25) is 0 Å². The zero-order valence-electron chi connectivity index (χ0n) is 8.56. The first-order chi connectivity index (χ1) is 6.99. The largest absolute Gasteiger partial charge is 0.478 e. The van der Waals surface area contributed by atoms with Crippen LogP contribution >= 0.6 is 0 Å². The first kappa shape index (κ1) is 13.6. The monoisotopic (exact) mass is 216 g/mol. The molecule has 0 fully saturated rings. The lowest BCUT2D eigenvalue weighted by Gasteiger charge is -2.06. The lowest BCUT2D eigenvalue weighted by molar-refractivity contribution is -0.132. The molecule has 6 heteroatoms. The maximum atomic E-state index is 10.5. The third-order valence-electron chi connectivity index (χ3n) is 1.81. The summed E-state index contributed by atoms with van der Waals surface area (Å²) in [5, 5.41) is 20.3. The Hall–Kier alpha value is -1.40. The van der Waals surface area contributed by atoms with E-state index in [0.717, 1.165) is 0 Å². The Balaban J connectivity index is 3.87. The van der Waals surface area contributed by atoms with Gasteiger partial charge in [-0.1, -0.05) is 13.0 Å². The quantitative estimate of drug-likeness (QED) is 0.317. The number of carboxylic acid groups (broad SMARTS) is 1. The van der Waals surface area contributed by atoms with E-state index in [0.29, 0.717) is 6.42 Å². The van der Waals surface area contributed by atoms with Crippen molar-refractivity contribution >= 4 is 11.9 Å². The van der Waals surface area contributed by atoms with E-state index in [-0.39, 0.29) is 18.7 Å². The predicted molar refractivity (Wildman–Crippen MR) is 54.1 cm³/mol. The van der Waals surface area contributed by atoms with Gasteiger partial charge in [-0.2, -0.15) is 0 Å². The molecule has 0 spiro atoms. The van der Waals surface area contributed by atoms with Crippen LogP contribution in [0.15, 0.2) is 11.6 Å². The van der Waals surface area contributed by atoms with E-state index >= 15 is 0 Å². The second-order valence-corrected chi connectivity index (χ2v) is 2.96. The number of nitrogens with two attached hydrogens (primary N) is 1. The van der Waals surface area contributed by atoms with Crippen LogP contribution in [0.25, 0.3) is 0 Å². The van der Waals surface area contributed by atoms with Gasteiger partial charge in [0.1, 0.15) is 6.10 Å². The molecule has 1 unspecified atom stereocenters. The van der Waals surface area contributed by atoms with Crippen LogP contribution in [0.5, 0.6) is 0 Å². The summed E-state index contributed by atoms with van der Waals surface area (Å²) in [7, 11) is 0. The van der Waals surface area contributed by atoms with E-state index in [4.69, 9.17) is 15.9 Å². The maximum absolute atomic E-state index is 10.5. The molecule has 0 aliphatic heterocycles. The van der Waals surface area contributed by atoms with Crippen molar-refractivity contribution in [1.82, 2.24) is 5.32 Å². The molecule has 0 aromatic heterocycles. The minimum atomic E-state index is -1.24. The van der Waals surface area contributed by atoms with Crippen LogP contribution in [-0.2, 0) is 9.59 Å². The average Bonchev–Trinajstić information content (AvgIpc) is 2.16. The van der Waals surface area contributed by atoms with Gasteiger partial charge in [0, 0.05) is 18.7 Å². The normalized spacial score (nSPS) is 13.6. The molecule has 0 aromatic rings. The Labute approximate surface area is 87.8 Å². The lowest BCUT2D eigenvalue weighted by Crippen LogP contribution is -2.37. The second kappa shape index (κ2) is 6.97. The number of amides is 1. The van der Waals surface area contributed by atoms with Crippen molar-refractivity contribution in [2.24, 2.45) is 5.73 Å². The van der Waals surface area contributed by atoms with Crippen LogP contribution in [-0.4, -0.2) is 41.3 Å². The molecule has 0 bridgehead atoms. The van der Waals surface area contributed by atoms with Crippen molar-refractivity contribution in [3.8, 4) is 0 Å². The van der Waals surface area contributed by atoms with Crippen molar-refractivity contribution in [3.63, 3.8) is 0 Å². The minimum absolute atomic E-state index is 0.0163. The summed E-state index contributed by atoms with van der Waals surface area (Å²) in [6.45, 7) is 2.03. The number of hydrogen-bond donors (Lipinski definition) is 4. The van der Waals surface area contributed by atoms with E-state index in [1.165, 1.54) is 6.08 Å². The SMILES string of the molecule is CCC(=CCNCC(O)C(N)=O)C(=O)O. The number of aliphatic carboxylic acids is 1. The topological polar surface area (TPSA) is 113 Å². The fourth-order valence-corrected chi connectivity index (χ4v) is 0.899. The van der Waals surface area contributed by atoms with Gasteiger partial charge in [0.15, 0.2) is 0 Å². The standard InChI is InChI=1S/C9H16N2O4/c1-2-6(9(14)15)3-4-11-5-7(12)8(10)13/h3,7,11-12H,2,4-5H2,1H3,(H2,10,13)(H,14,15). The number of nitrogens with one attached hydrogen (secondary N) is 1. The van der Waals surface area contributed by atoms with Crippen LogP contribution in [0.1, 0.15) is 13.3 Å². The number of aliphatic hydroxyl groups excluding tert-OH is 1. The highest BCUT2D eigenvalue weighted by molar-refractivity contribution is 5.86. The van der Waals surface area contributed by atoms with E-state index in [1.807, 2.05) is 0 Å². The molecule has 6 nitrogen and oxygen atoms in total. The molecule has 0 heterocycles. The Bertz CT molecular complexity index is 263. The number of carboxylic acids is 1. The molecule has 0 saturated carbocycles. The third-order valence-corrected chi connectivity index (χ3v) is 1.81. The summed E-state index contributed by atoms with van der Waals surface area (Å²) in [5.74, 6) is -1.77. The molecule has 0 aliphatic rings. The molecule has 0 aromatic carbocycles. The number of hydrogen-bond acceptors (Lipinski definition) is 4. The number of aliphatic hydroxyl groups is 1. The molecule has 15 heavy (non-hydrogen) atoms. The highest BCUT2D eigenvalue weighted by atomic mass is 16.4. The molecular weight excluding hydrogens is 200 g/mol. The Morgan fingerprint density at radius 3 is 2.53 bits per heavy atom. The molecule has 86 valence electrons.